The summed E-state index contributed by atoms with van der Waals surface area (Å²) in [5.41, 5.74) is 4.07. The quantitative estimate of drug-likeness (QED) is 0.181. The van der Waals surface area contributed by atoms with Gasteiger partial charge in [0.1, 0.15) is 6.61 Å². The Morgan fingerprint density at radius 3 is 2.36 bits per heavy atom. The number of ketones is 1. The summed E-state index contributed by atoms with van der Waals surface area (Å²) in [5.74, 6) is -0.196. The molecule has 0 aliphatic carbocycles. The topological polar surface area (TPSA) is 126 Å². The number of ether oxygens (including phenoxy) is 1. The van der Waals surface area contributed by atoms with Gasteiger partial charge < -0.3 is 4.74 Å². The van der Waals surface area contributed by atoms with Crippen LogP contribution in [0.3, 0.4) is 0 Å². The largest absolute Gasteiger partial charge is 0.448 e. The highest BCUT2D eigenvalue weighted by Gasteiger charge is 2.12. The Hall–Kier alpha value is -3.86. The van der Waals surface area contributed by atoms with Crippen LogP contribution >= 0.6 is 0 Å². The third-order valence-electron chi connectivity index (χ3n) is 4.23. The van der Waals surface area contributed by atoms with E-state index in [1.165, 1.54) is 18.2 Å². The fourth-order valence-electron chi connectivity index (χ4n) is 2.60. The summed E-state index contributed by atoms with van der Waals surface area (Å²) >= 11 is 0. The number of hydrogen-bond acceptors (Lipinski definition) is 7. The minimum atomic E-state index is -3.69. The van der Waals surface area contributed by atoms with Crippen molar-refractivity contribution in [3.63, 3.8) is 0 Å². The second-order valence-electron chi connectivity index (χ2n) is 6.64. The fraction of sp³-hybridized carbons (Fsp3) is 0.0870. The van der Waals surface area contributed by atoms with Crippen molar-refractivity contribution in [3.8, 4) is 0 Å². The van der Waals surface area contributed by atoms with Crippen LogP contribution in [0.15, 0.2) is 90.0 Å². The van der Waals surface area contributed by atoms with E-state index in [1.807, 2.05) is 6.07 Å². The molecule has 33 heavy (non-hydrogen) atoms. The molecule has 3 N–H and O–H groups in total. The minimum Gasteiger partial charge on any atom is -0.448 e. The van der Waals surface area contributed by atoms with E-state index in [4.69, 9.17) is 4.74 Å². The maximum atomic E-state index is 12.2. The van der Waals surface area contributed by atoms with Gasteiger partial charge >= 0.3 is 6.09 Å². The molecule has 0 aliphatic heterocycles. The molecule has 1 amide bonds. The number of pyridine rings is 1. The first-order valence-electron chi connectivity index (χ1n) is 9.91. The summed E-state index contributed by atoms with van der Waals surface area (Å²) < 4.78 is 29.1. The van der Waals surface area contributed by atoms with Gasteiger partial charge in [-0.2, -0.15) is 0 Å². The second-order valence-corrected chi connectivity index (χ2v) is 8.32. The van der Waals surface area contributed by atoms with Crippen molar-refractivity contribution in [3.05, 3.63) is 96.3 Å². The summed E-state index contributed by atoms with van der Waals surface area (Å²) in [6.45, 7) is -0.00639. The predicted octanol–water partition coefficient (Wildman–Crippen LogP) is 3.01. The van der Waals surface area contributed by atoms with Crippen molar-refractivity contribution in [1.29, 1.82) is 0 Å². The molecule has 9 nitrogen and oxygen atoms in total. The number of sulfonamides is 1. The summed E-state index contributed by atoms with van der Waals surface area (Å²) in [7, 11) is -3.69. The number of rotatable bonds is 10. The van der Waals surface area contributed by atoms with Crippen LogP contribution in [0.25, 0.3) is 6.08 Å². The lowest BCUT2D eigenvalue weighted by atomic mass is 10.1. The van der Waals surface area contributed by atoms with E-state index in [0.29, 0.717) is 16.9 Å². The number of nitrogens with zero attached hydrogens (tertiary/aromatic N) is 1. The third kappa shape index (κ3) is 7.65. The number of carbonyl (C=O) groups is 2. The highest BCUT2D eigenvalue weighted by atomic mass is 32.2. The van der Waals surface area contributed by atoms with Crippen LogP contribution in [0.5, 0.6) is 0 Å². The Bertz CT molecular complexity index is 1200. The number of carbonyl (C=O) groups excluding carboxylic acids is 2. The average molecular weight is 467 g/mol. The molecular weight excluding hydrogens is 444 g/mol. The number of benzene rings is 2. The first-order valence-corrected chi connectivity index (χ1v) is 11.4. The highest BCUT2D eigenvalue weighted by Crippen LogP contribution is 2.11. The van der Waals surface area contributed by atoms with Gasteiger partial charge in [0.2, 0.25) is 0 Å². The van der Waals surface area contributed by atoms with E-state index in [1.54, 1.807) is 66.9 Å². The van der Waals surface area contributed by atoms with Gasteiger partial charge in [-0.1, -0.05) is 24.3 Å². The number of amides is 1. The molecule has 2 aromatic carbocycles. The molecular formula is C23H22N4O5S. The molecule has 0 spiro atoms. The molecule has 1 aromatic heterocycles. The zero-order chi connectivity index (χ0) is 23.5. The molecule has 0 unspecified atom stereocenters. The van der Waals surface area contributed by atoms with E-state index in [2.05, 4.69) is 20.6 Å². The van der Waals surface area contributed by atoms with Crippen LogP contribution in [0.2, 0.25) is 0 Å². The number of aromatic nitrogens is 1. The zero-order valence-corrected chi connectivity index (χ0v) is 18.3. The van der Waals surface area contributed by atoms with Gasteiger partial charge in [-0.25, -0.2) is 18.6 Å². The fourth-order valence-corrected chi connectivity index (χ4v) is 3.53. The number of allylic oxidation sites excluding steroid dienone is 1. The molecule has 0 saturated carbocycles. The van der Waals surface area contributed by atoms with Gasteiger partial charge in [0, 0.05) is 24.0 Å². The molecule has 0 aliphatic rings. The molecule has 0 radical (unpaired) electrons. The van der Waals surface area contributed by atoms with Gasteiger partial charge in [0.05, 0.1) is 10.6 Å². The number of anilines is 1. The maximum absolute atomic E-state index is 12.2. The molecule has 0 bridgehead atoms. The smallest absolute Gasteiger partial charge is 0.411 e. The monoisotopic (exact) mass is 466 g/mol. The lowest BCUT2D eigenvalue weighted by molar-refractivity contribution is 0.104. The standard InChI is InChI=1S/C23H22N4O5S/c28-22(14-13-19-6-4-5-15-24-19)18-9-11-20(12-10-18)26-23(29)32-17-16-25-27-33(30,31)21-7-2-1-3-8-21/h1-15,25,27H,16-17H2,(H,26,29)/b14-13+. The van der Waals surface area contributed by atoms with E-state index < -0.39 is 16.1 Å². The van der Waals surface area contributed by atoms with Gasteiger partial charge in [-0.3, -0.25) is 15.1 Å². The van der Waals surface area contributed by atoms with Gasteiger partial charge in [-0.05, 0) is 60.7 Å². The molecule has 0 saturated heterocycles. The molecule has 3 aromatic rings. The summed E-state index contributed by atoms with van der Waals surface area (Å²) in [5, 5.41) is 2.53. The van der Waals surface area contributed by atoms with Crippen LogP contribution in [-0.2, 0) is 14.8 Å². The normalized spacial score (nSPS) is 11.3. The van der Waals surface area contributed by atoms with Crippen molar-refractivity contribution in [2.24, 2.45) is 0 Å². The predicted molar refractivity (Wildman–Crippen MR) is 124 cm³/mol. The molecule has 10 heteroatoms. The molecule has 0 atom stereocenters. The van der Waals surface area contributed by atoms with Crippen LogP contribution < -0.4 is 15.6 Å². The Morgan fingerprint density at radius 1 is 0.939 bits per heavy atom. The van der Waals surface area contributed by atoms with E-state index in [9.17, 15) is 18.0 Å². The van der Waals surface area contributed by atoms with E-state index in [-0.39, 0.29) is 23.8 Å². The summed E-state index contributed by atoms with van der Waals surface area (Å²) in [6.07, 6.45) is 3.98. The third-order valence-corrected chi connectivity index (χ3v) is 5.54. The van der Waals surface area contributed by atoms with Crippen LogP contribution in [-0.4, -0.2) is 38.4 Å². The van der Waals surface area contributed by atoms with Gasteiger partial charge in [0.25, 0.3) is 10.0 Å². The Balaban J connectivity index is 1.39. The number of hydrazine groups is 1. The molecule has 1 heterocycles. The van der Waals surface area contributed by atoms with Crippen molar-refractivity contribution in [2.75, 3.05) is 18.5 Å². The Kier molecular flexibility index (Phi) is 8.42. The molecule has 170 valence electrons. The Morgan fingerprint density at radius 2 is 1.67 bits per heavy atom. The minimum absolute atomic E-state index is 0.0650. The van der Waals surface area contributed by atoms with Crippen LogP contribution in [0.1, 0.15) is 16.1 Å². The van der Waals surface area contributed by atoms with Gasteiger partial charge in [-0.15, -0.1) is 4.83 Å². The van der Waals surface area contributed by atoms with Crippen LogP contribution in [0.4, 0.5) is 10.5 Å². The van der Waals surface area contributed by atoms with Crippen LogP contribution in [0, 0.1) is 0 Å². The molecule has 3 rings (SSSR count). The first-order chi connectivity index (χ1) is 15.9. The Labute approximate surface area is 191 Å². The lowest BCUT2D eigenvalue weighted by Gasteiger charge is -2.10. The lowest BCUT2D eigenvalue weighted by Crippen LogP contribution is -2.39. The second kappa shape index (κ2) is 11.7. The van der Waals surface area contributed by atoms with Crippen molar-refractivity contribution < 1.29 is 22.7 Å². The SMILES string of the molecule is O=C(Nc1ccc(C(=O)/C=C/c2ccccn2)cc1)OCCNNS(=O)(=O)c1ccccc1. The number of nitrogens with one attached hydrogen (secondary N) is 3. The van der Waals surface area contributed by atoms with E-state index >= 15 is 0 Å². The highest BCUT2D eigenvalue weighted by molar-refractivity contribution is 7.89. The first kappa shape index (κ1) is 23.8. The van der Waals surface area contributed by atoms with Crippen molar-refractivity contribution >= 4 is 33.7 Å². The summed E-state index contributed by atoms with van der Waals surface area (Å²) in [6, 6.07) is 19.6. The van der Waals surface area contributed by atoms with Crippen molar-refractivity contribution in [2.45, 2.75) is 4.90 Å². The average Bonchev–Trinajstić information content (AvgIpc) is 2.84. The molecule has 0 fully saturated rings. The maximum Gasteiger partial charge on any atom is 0.411 e. The summed E-state index contributed by atoms with van der Waals surface area (Å²) in [4.78, 5) is 30.6. The van der Waals surface area contributed by atoms with Crippen molar-refractivity contribution in [1.82, 2.24) is 15.2 Å². The van der Waals surface area contributed by atoms with E-state index in [0.717, 1.165) is 0 Å². The zero-order valence-electron chi connectivity index (χ0n) is 17.5. The number of hydrogen-bond donors (Lipinski definition) is 3. The van der Waals surface area contributed by atoms with Gasteiger partial charge in [0.15, 0.2) is 5.78 Å².